The van der Waals surface area contributed by atoms with Gasteiger partial charge in [-0.3, -0.25) is 0 Å². The standard InChI is InChI=1S/C21H20BrF3N4O4/c1-10-6-11(21(23,24)25)7-15(32-2)16(10)14-8-13(22)17-18(27-14)28-19(33-17)26-12-4-3-5-29(9-12)20(30)31/h6-8,12H,3-5,9H2,1-2H3,(H,30,31)(H,26,27,28). The van der Waals surface area contributed by atoms with Crippen molar-refractivity contribution >= 4 is 39.3 Å². The molecule has 1 aromatic carbocycles. The van der Waals surface area contributed by atoms with E-state index in [4.69, 9.17) is 9.15 Å². The molecule has 12 heteroatoms. The van der Waals surface area contributed by atoms with Gasteiger partial charge in [-0.15, -0.1) is 0 Å². The maximum absolute atomic E-state index is 13.2. The minimum Gasteiger partial charge on any atom is -0.496 e. The predicted molar refractivity (Wildman–Crippen MR) is 117 cm³/mol. The van der Waals surface area contributed by atoms with Gasteiger partial charge in [0.05, 0.1) is 22.8 Å². The molecular weight excluding hydrogens is 509 g/mol. The number of alkyl halides is 3. The summed E-state index contributed by atoms with van der Waals surface area (Å²) in [7, 11) is 1.30. The van der Waals surface area contributed by atoms with Gasteiger partial charge in [0.25, 0.3) is 6.01 Å². The molecule has 0 aliphatic carbocycles. The lowest BCUT2D eigenvalue weighted by Gasteiger charge is -2.30. The second-order valence-corrected chi connectivity index (χ2v) is 8.60. The van der Waals surface area contributed by atoms with Gasteiger partial charge in [0.15, 0.2) is 5.58 Å². The maximum atomic E-state index is 13.2. The van der Waals surface area contributed by atoms with Gasteiger partial charge in [-0.05, 0) is 59.5 Å². The van der Waals surface area contributed by atoms with Crippen molar-refractivity contribution in [3.63, 3.8) is 0 Å². The van der Waals surface area contributed by atoms with Gasteiger partial charge in [-0.1, -0.05) is 0 Å². The summed E-state index contributed by atoms with van der Waals surface area (Å²) >= 11 is 3.42. The number of hydrogen-bond donors (Lipinski definition) is 2. The van der Waals surface area contributed by atoms with Crippen molar-refractivity contribution in [2.75, 3.05) is 25.5 Å². The molecule has 1 amide bonds. The zero-order valence-electron chi connectivity index (χ0n) is 17.7. The quantitative estimate of drug-likeness (QED) is 0.458. The molecule has 1 fully saturated rings. The van der Waals surface area contributed by atoms with E-state index < -0.39 is 17.8 Å². The fourth-order valence-electron chi connectivity index (χ4n) is 3.92. The molecule has 0 saturated carbocycles. The molecule has 1 unspecified atom stereocenters. The zero-order chi connectivity index (χ0) is 23.9. The van der Waals surface area contributed by atoms with Crippen molar-refractivity contribution in [1.82, 2.24) is 14.9 Å². The zero-order valence-corrected chi connectivity index (χ0v) is 19.2. The minimum atomic E-state index is -4.50. The number of pyridine rings is 1. The van der Waals surface area contributed by atoms with E-state index in [9.17, 15) is 23.1 Å². The number of fused-ring (bicyclic) bond motifs is 1. The van der Waals surface area contributed by atoms with E-state index in [1.807, 2.05) is 0 Å². The van der Waals surface area contributed by atoms with Crippen molar-refractivity contribution in [3.8, 4) is 17.0 Å². The Balaban J connectivity index is 1.68. The number of rotatable bonds is 4. The van der Waals surface area contributed by atoms with Crippen LogP contribution < -0.4 is 10.1 Å². The van der Waals surface area contributed by atoms with Gasteiger partial charge < -0.3 is 24.5 Å². The third-order valence-corrected chi connectivity index (χ3v) is 6.03. The van der Waals surface area contributed by atoms with Crippen molar-refractivity contribution < 1.29 is 32.2 Å². The van der Waals surface area contributed by atoms with Gasteiger partial charge in [-0.25, -0.2) is 9.78 Å². The Morgan fingerprint density at radius 3 is 2.76 bits per heavy atom. The van der Waals surface area contributed by atoms with E-state index in [2.05, 4.69) is 31.2 Å². The average molecular weight is 529 g/mol. The van der Waals surface area contributed by atoms with Crippen LogP contribution in [0.1, 0.15) is 24.0 Å². The number of carboxylic acid groups (broad SMARTS) is 1. The van der Waals surface area contributed by atoms with Crippen LogP contribution in [0, 0.1) is 6.92 Å². The number of piperidine rings is 1. The Labute approximate surface area is 194 Å². The number of ether oxygens (including phenoxy) is 1. The topological polar surface area (TPSA) is 101 Å². The van der Waals surface area contributed by atoms with Crippen LogP contribution in [-0.4, -0.2) is 52.3 Å². The summed E-state index contributed by atoms with van der Waals surface area (Å²) in [5, 5.41) is 12.3. The van der Waals surface area contributed by atoms with E-state index in [1.165, 1.54) is 12.0 Å². The number of methoxy groups -OCH3 is 1. The number of hydrogen-bond acceptors (Lipinski definition) is 6. The summed E-state index contributed by atoms with van der Waals surface area (Å²) in [5.74, 6) is 0.0406. The molecule has 0 bridgehead atoms. The maximum Gasteiger partial charge on any atom is 0.416 e. The number of carbonyl (C=O) groups is 1. The minimum absolute atomic E-state index is 0.0406. The van der Waals surface area contributed by atoms with Crippen LogP contribution in [0.15, 0.2) is 27.1 Å². The average Bonchev–Trinajstić information content (AvgIpc) is 3.15. The number of amides is 1. The Morgan fingerprint density at radius 2 is 2.09 bits per heavy atom. The number of aryl methyl sites for hydroxylation is 1. The smallest absolute Gasteiger partial charge is 0.416 e. The molecular formula is C21H20BrF3N4O4. The highest BCUT2D eigenvalue weighted by Gasteiger charge is 2.32. The van der Waals surface area contributed by atoms with E-state index >= 15 is 0 Å². The van der Waals surface area contributed by atoms with Crippen molar-refractivity contribution in [2.45, 2.75) is 32.0 Å². The highest BCUT2D eigenvalue weighted by molar-refractivity contribution is 9.10. The molecule has 1 aliphatic rings. The highest BCUT2D eigenvalue weighted by Crippen LogP contribution is 2.40. The summed E-state index contributed by atoms with van der Waals surface area (Å²) in [6, 6.07) is 3.63. The van der Waals surface area contributed by atoms with E-state index in [1.54, 1.807) is 13.0 Å². The van der Waals surface area contributed by atoms with Gasteiger partial charge in [-0.2, -0.15) is 18.2 Å². The lowest BCUT2D eigenvalue weighted by atomic mass is 10.00. The summed E-state index contributed by atoms with van der Waals surface area (Å²) in [6.45, 7) is 2.33. The lowest BCUT2D eigenvalue weighted by Crippen LogP contribution is -2.44. The number of anilines is 1. The Hall–Kier alpha value is -3.02. The first-order valence-electron chi connectivity index (χ1n) is 10.0. The first-order chi connectivity index (χ1) is 15.6. The third-order valence-electron chi connectivity index (χ3n) is 5.44. The first kappa shape index (κ1) is 23.1. The summed E-state index contributed by atoms with van der Waals surface area (Å²) in [4.78, 5) is 21.4. The molecule has 1 saturated heterocycles. The fraction of sp³-hybridized carbons (Fsp3) is 0.381. The molecule has 1 atom stereocenters. The molecule has 1 aliphatic heterocycles. The van der Waals surface area contributed by atoms with E-state index in [0.717, 1.165) is 18.6 Å². The van der Waals surface area contributed by atoms with Gasteiger partial charge in [0, 0.05) is 24.7 Å². The Bertz CT molecular complexity index is 1210. The van der Waals surface area contributed by atoms with Crippen LogP contribution in [0.5, 0.6) is 5.75 Å². The molecule has 4 rings (SSSR count). The van der Waals surface area contributed by atoms with Crippen LogP contribution in [0.2, 0.25) is 0 Å². The third kappa shape index (κ3) is 4.70. The Kier molecular flexibility index (Phi) is 6.12. The molecule has 176 valence electrons. The monoisotopic (exact) mass is 528 g/mol. The second-order valence-electron chi connectivity index (χ2n) is 7.74. The van der Waals surface area contributed by atoms with Crippen LogP contribution in [0.25, 0.3) is 22.5 Å². The highest BCUT2D eigenvalue weighted by atomic mass is 79.9. The van der Waals surface area contributed by atoms with Crippen molar-refractivity contribution in [1.29, 1.82) is 0 Å². The largest absolute Gasteiger partial charge is 0.496 e. The van der Waals surface area contributed by atoms with Crippen molar-refractivity contribution in [3.05, 3.63) is 33.8 Å². The summed E-state index contributed by atoms with van der Waals surface area (Å²) in [5.41, 5.74) is 0.918. The van der Waals surface area contributed by atoms with Crippen LogP contribution in [-0.2, 0) is 6.18 Å². The molecule has 0 radical (unpaired) electrons. The summed E-state index contributed by atoms with van der Waals surface area (Å²) in [6.07, 6.45) is -4.02. The molecule has 2 N–H and O–H groups in total. The number of oxazole rings is 1. The Morgan fingerprint density at radius 1 is 1.33 bits per heavy atom. The predicted octanol–water partition coefficient (Wildman–Crippen LogP) is 5.54. The molecule has 2 aromatic heterocycles. The number of aromatic nitrogens is 2. The molecule has 3 aromatic rings. The van der Waals surface area contributed by atoms with Gasteiger partial charge in [0.2, 0.25) is 5.65 Å². The summed E-state index contributed by atoms with van der Waals surface area (Å²) < 4.78 is 51.1. The lowest BCUT2D eigenvalue weighted by molar-refractivity contribution is -0.137. The van der Waals surface area contributed by atoms with Gasteiger partial charge >= 0.3 is 12.3 Å². The van der Waals surface area contributed by atoms with Crippen LogP contribution in [0.4, 0.5) is 24.0 Å². The SMILES string of the molecule is COc1cc(C(F)(F)F)cc(C)c1-c1cc(Br)c2oc(NC3CCCN(C(=O)O)C3)nc2n1. The van der Waals surface area contributed by atoms with Crippen molar-refractivity contribution in [2.24, 2.45) is 0 Å². The number of halogens is 4. The number of benzene rings is 1. The van der Waals surface area contributed by atoms with E-state index in [0.29, 0.717) is 46.4 Å². The molecule has 8 nitrogen and oxygen atoms in total. The molecule has 0 spiro atoms. The second kappa shape index (κ2) is 8.73. The number of likely N-dealkylation sites (tertiary alicyclic amines) is 1. The first-order valence-corrected chi connectivity index (χ1v) is 10.8. The van der Waals surface area contributed by atoms with Crippen LogP contribution in [0.3, 0.4) is 0 Å². The number of nitrogens with zero attached hydrogens (tertiary/aromatic N) is 3. The molecule has 33 heavy (non-hydrogen) atoms. The fourth-order valence-corrected chi connectivity index (χ4v) is 4.39. The molecule has 3 heterocycles. The van der Waals surface area contributed by atoms with E-state index in [-0.39, 0.29) is 23.5 Å². The number of nitrogens with one attached hydrogen (secondary N) is 1. The normalized spacial score (nSPS) is 16.8. The van der Waals surface area contributed by atoms with Crippen LogP contribution >= 0.6 is 15.9 Å². The van der Waals surface area contributed by atoms with Gasteiger partial charge in [0.1, 0.15) is 5.75 Å².